The van der Waals surface area contributed by atoms with E-state index in [0.29, 0.717) is 25.2 Å². The van der Waals surface area contributed by atoms with E-state index < -0.39 is 15.8 Å². The van der Waals surface area contributed by atoms with Gasteiger partial charge in [-0.05, 0) is 30.7 Å². The van der Waals surface area contributed by atoms with Gasteiger partial charge in [0.25, 0.3) is 0 Å². The average Bonchev–Trinajstić information content (AvgIpc) is 3.35. The highest BCUT2D eigenvalue weighted by molar-refractivity contribution is 7.91. The number of sulfone groups is 1. The molecule has 0 aliphatic heterocycles. The van der Waals surface area contributed by atoms with Crippen LogP contribution in [0.5, 0.6) is 0 Å². The molecule has 1 atom stereocenters. The third-order valence-electron chi connectivity index (χ3n) is 4.54. The molecule has 23 heavy (non-hydrogen) atoms. The summed E-state index contributed by atoms with van der Waals surface area (Å²) >= 11 is 0. The van der Waals surface area contributed by atoms with Crippen molar-refractivity contribution in [2.75, 3.05) is 11.5 Å². The van der Waals surface area contributed by atoms with Crippen molar-refractivity contribution in [2.24, 2.45) is 11.8 Å². The molecule has 0 N–H and O–H groups in total. The number of hydrogen-bond donors (Lipinski definition) is 0. The summed E-state index contributed by atoms with van der Waals surface area (Å²) in [6.07, 6.45) is 5.99. The molecule has 0 radical (unpaired) electrons. The van der Waals surface area contributed by atoms with Crippen molar-refractivity contribution in [3.05, 3.63) is 35.9 Å². The molecule has 3 nitrogen and oxygen atoms in total. The first kappa shape index (κ1) is 18.2. The van der Waals surface area contributed by atoms with Gasteiger partial charge in [-0.25, -0.2) is 8.42 Å². The molecule has 0 spiro atoms. The Morgan fingerprint density at radius 1 is 1.22 bits per heavy atom. The summed E-state index contributed by atoms with van der Waals surface area (Å²) in [4.78, 5) is 12.6. The molecule has 1 fully saturated rings. The second-order valence-corrected chi connectivity index (χ2v) is 9.03. The van der Waals surface area contributed by atoms with E-state index in [1.54, 1.807) is 0 Å². The second-order valence-electron chi connectivity index (χ2n) is 6.80. The highest BCUT2D eigenvalue weighted by Crippen LogP contribution is 2.34. The minimum atomic E-state index is -3.15. The van der Waals surface area contributed by atoms with E-state index >= 15 is 0 Å². The maximum absolute atomic E-state index is 12.6. The quantitative estimate of drug-likeness (QED) is 0.617. The van der Waals surface area contributed by atoms with E-state index in [1.165, 1.54) is 12.8 Å². The summed E-state index contributed by atoms with van der Waals surface area (Å²) < 4.78 is 24.6. The standard InChI is InChI=1S/C19H28O3S/c1-2-3-13-23(21,22)15-18(14-17-7-5-4-6-8-17)19(20)12-11-16-9-10-16/h4-8,16,18H,2-3,9-15H2,1H3/t18-/m1/s1. The van der Waals surface area contributed by atoms with E-state index in [4.69, 9.17) is 0 Å². The molecule has 0 saturated heterocycles. The predicted molar refractivity (Wildman–Crippen MR) is 94.2 cm³/mol. The molecular formula is C19H28O3S. The first-order chi connectivity index (χ1) is 11.0. The Morgan fingerprint density at radius 2 is 1.91 bits per heavy atom. The van der Waals surface area contributed by atoms with Crippen LogP contribution in [-0.4, -0.2) is 25.7 Å². The van der Waals surface area contributed by atoms with Gasteiger partial charge in [0, 0.05) is 12.3 Å². The summed E-state index contributed by atoms with van der Waals surface area (Å²) in [5.41, 5.74) is 1.04. The van der Waals surface area contributed by atoms with E-state index in [2.05, 4.69) is 0 Å². The van der Waals surface area contributed by atoms with Crippen LogP contribution in [-0.2, 0) is 21.1 Å². The highest BCUT2D eigenvalue weighted by Gasteiger charge is 2.28. The van der Waals surface area contributed by atoms with Gasteiger partial charge in [0.2, 0.25) is 0 Å². The fraction of sp³-hybridized carbons (Fsp3) is 0.632. The lowest BCUT2D eigenvalue weighted by molar-refractivity contribution is -0.122. The molecule has 1 aliphatic rings. The van der Waals surface area contributed by atoms with E-state index in [9.17, 15) is 13.2 Å². The molecule has 0 unspecified atom stereocenters. The molecule has 0 heterocycles. The molecular weight excluding hydrogens is 308 g/mol. The Balaban J connectivity index is 2.01. The SMILES string of the molecule is CCCCS(=O)(=O)C[C@@H](Cc1ccccc1)C(=O)CCC1CC1. The normalized spacial score (nSPS) is 16.2. The molecule has 1 saturated carbocycles. The fourth-order valence-electron chi connectivity index (χ4n) is 2.88. The summed E-state index contributed by atoms with van der Waals surface area (Å²) in [6, 6.07) is 9.75. The lowest BCUT2D eigenvalue weighted by Gasteiger charge is -2.16. The Kier molecular flexibility index (Phi) is 6.82. The largest absolute Gasteiger partial charge is 0.299 e. The van der Waals surface area contributed by atoms with Crippen LogP contribution in [0.4, 0.5) is 0 Å². The number of unbranched alkanes of at least 4 members (excludes halogenated alkanes) is 1. The van der Waals surface area contributed by atoms with Crippen molar-refractivity contribution in [3.8, 4) is 0 Å². The molecule has 4 heteroatoms. The van der Waals surface area contributed by atoms with Crippen LogP contribution in [0.2, 0.25) is 0 Å². The van der Waals surface area contributed by atoms with Gasteiger partial charge in [0.05, 0.1) is 11.5 Å². The summed E-state index contributed by atoms with van der Waals surface area (Å²) in [5.74, 6) is 0.641. The first-order valence-corrected chi connectivity index (χ1v) is 10.6. The zero-order valence-corrected chi connectivity index (χ0v) is 14.9. The van der Waals surface area contributed by atoms with Gasteiger partial charge in [-0.3, -0.25) is 4.79 Å². The van der Waals surface area contributed by atoms with Crippen LogP contribution >= 0.6 is 0 Å². The molecule has 128 valence electrons. The zero-order valence-electron chi connectivity index (χ0n) is 14.0. The van der Waals surface area contributed by atoms with Crippen LogP contribution in [0, 0.1) is 11.8 Å². The lowest BCUT2D eigenvalue weighted by Crippen LogP contribution is -2.27. The van der Waals surface area contributed by atoms with Gasteiger partial charge in [-0.15, -0.1) is 0 Å². The van der Waals surface area contributed by atoms with E-state index in [0.717, 1.165) is 18.4 Å². The summed E-state index contributed by atoms with van der Waals surface area (Å²) in [5, 5.41) is 0. The number of ketones is 1. The number of benzene rings is 1. The van der Waals surface area contributed by atoms with Crippen molar-refractivity contribution in [1.29, 1.82) is 0 Å². The zero-order chi connectivity index (χ0) is 16.7. The maximum atomic E-state index is 12.6. The van der Waals surface area contributed by atoms with Gasteiger partial charge in [-0.1, -0.05) is 56.5 Å². The first-order valence-electron chi connectivity index (χ1n) is 8.77. The monoisotopic (exact) mass is 336 g/mol. The predicted octanol–water partition coefficient (Wildman–Crippen LogP) is 3.82. The topological polar surface area (TPSA) is 51.2 Å². The van der Waals surface area contributed by atoms with E-state index in [-0.39, 0.29) is 17.3 Å². The van der Waals surface area contributed by atoms with Crippen LogP contribution in [0.3, 0.4) is 0 Å². The summed E-state index contributed by atoms with van der Waals surface area (Å²) in [7, 11) is -3.15. The maximum Gasteiger partial charge on any atom is 0.151 e. The third-order valence-corrected chi connectivity index (χ3v) is 6.36. The third kappa shape index (κ3) is 6.86. The van der Waals surface area contributed by atoms with Crippen molar-refractivity contribution >= 4 is 15.6 Å². The lowest BCUT2D eigenvalue weighted by atomic mass is 9.94. The number of carbonyl (C=O) groups is 1. The smallest absolute Gasteiger partial charge is 0.151 e. The molecule has 1 aromatic carbocycles. The Bertz CT molecular complexity index is 588. The molecule has 0 amide bonds. The molecule has 2 rings (SSSR count). The average molecular weight is 336 g/mol. The Morgan fingerprint density at radius 3 is 2.52 bits per heavy atom. The van der Waals surface area contributed by atoms with Gasteiger partial charge in [0.15, 0.2) is 9.84 Å². The van der Waals surface area contributed by atoms with Crippen molar-refractivity contribution < 1.29 is 13.2 Å². The molecule has 1 aliphatic carbocycles. The Labute approximate surface area is 140 Å². The van der Waals surface area contributed by atoms with Crippen LogP contribution in [0.15, 0.2) is 30.3 Å². The highest BCUT2D eigenvalue weighted by atomic mass is 32.2. The van der Waals surface area contributed by atoms with Gasteiger partial charge < -0.3 is 0 Å². The van der Waals surface area contributed by atoms with Crippen LogP contribution in [0.25, 0.3) is 0 Å². The number of Topliss-reactive ketones (excluding diaryl/α,β-unsaturated/α-hetero) is 1. The minimum absolute atomic E-state index is 0.00535. The van der Waals surface area contributed by atoms with Gasteiger partial charge >= 0.3 is 0 Å². The van der Waals surface area contributed by atoms with Crippen molar-refractivity contribution in [1.82, 2.24) is 0 Å². The molecule has 1 aromatic rings. The number of carbonyl (C=O) groups excluding carboxylic acids is 1. The fourth-order valence-corrected chi connectivity index (χ4v) is 4.69. The van der Waals surface area contributed by atoms with Crippen molar-refractivity contribution in [3.63, 3.8) is 0 Å². The van der Waals surface area contributed by atoms with Gasteiger partial charge in [0.1, 0.15) is 5.78 Å². The summed E-state index contributed by atoms with van der Waals surface area (Å²) in [6.45, 7) is 1.98. The number of rotatable bonds is 11. The molecule has 0 aromatic heterocycles. The van der Waals surface area contributed by atoms with Crippen LogP contribution < -0.4 is 0 Å². The van der Waals surface area contributed by atoms with Crippen molar-refractivity contribution in [2.45, 2.75) is 51.9 Å². The minimum Gasteiger partial charge on any atom is -0.299 e. The Hall–Kier alpha value is -1.16. The van der Waals surface area contributed by atoms with E-state index in [1.807, 2.05) is 37.3 Å². The van der Waals surface area contributed by atoms with Gasteiger partial charge in [-0.2, -0.15) is 0 Å². The molecule has 0 bridgehead atoms. The van der Waals surface area contributed by atoms with Crippen LogP contribution in [0.1, 0.15) is 51.0 Å². The number of hydrogen-bond acceptors (Lipinski definition) is 3. The second kappa shape index (κ2) is 8.62.